The lowest BCUT2D eigenvalue weighted by atomic mass is 10.1. The van der Waals surface area contributed by atoms with Gasteiger partial charge in [0.05, 0.1) is 10.7 Å². The smallest absolute Gasteiger partial charge is 0.356 e. The van der Waals surface area contributed by atoms with E-state index in [4.69, 9.17) is 27.9 Å². The number of carboxylic acid groups (broad SMARTS) is 1. The van der Waals surface area contributed by atoms with Gasteiger partial charge in [0.2, 0.25) is 0 Å². The maximum atomic E-state index is 11.2. The standard InChI is InChI=1S/C16H20Cl2N2O3Si/c1-24(2,3)7-6-23-10-20-15(9-14(19-20)16(21)22)12-5-4-11(17)8-13(12)18/h4-5,8-9H,6-7,10H2,1-3H3,(H,21,22). The molecule has 0 radical (unpaired) electrons. The van der Waals surface area contributed by atoms with E-state index in [-0.39, 0.29) is 12.4 Å². The summed E-state index contributed by atoms with van der Waals surface area (Å²) < 4.78 is 7.20. The Labute approximate surface area is 152 Å². The van der Waals surface area contributed by atoms with Crippen molar-refractivity contribution in [2.75, 3.05) is 6.61 Å². The third kappa shape index (κ3) is 5.08. The predicted molar refractivity (Wildman–Crippen MR) is 98.7 cm³/mol. The molecule has 2 aromatic rings. The maximum Gasteiger partial charge on any atom is 0.356 e. The van der Waals surface area contributed by atoms with Gasteiger partial charge >= 0.3 is 5.97 Å². The summed E-state index contributed by atoms with van der Waals surface area (Å²) in [6, 6.07) is 7.57. The summed E-state index contributed by atoms with van der Waals surface area (Å²) in [5.41, 5.74) is 1.20. The molecule has 0 unspecified atom stereocenters. The number of nitrogens with zero attached hydrogens (tertiary/aromatic N) is 2. The molecule has 130 valence electrons. The van der Waals surface area contributed by atoms with Crippen LogP contribution in [0.15, 0.2) is 24.3 Å². The van der Waals surface area contributed by atoms with Crippen LogP contribution < -0.4 is 0 Å². The second-order valence-corrected chi connectivity index (χ2v) is 13.2. The van der Waals surface area contributed by atoms with Gasteiger partial charge in [-0.2, -0.15) is 5.10 Å². The van der Waals surface area contributed by atoms with Gasteiger partial charge in [0.25, 0.3) is 0 Å². The minimum absolute atomic E-state index is 0.0511. The number of rotatable bonds is 7. The molecule has 1 heterocycles. The van der Waals surface area contributed by atoms with Crippen LogP contribution in [-0.4, -0.2) is 35.5 Å². The highest BCUT2D eigenvalue weighted by Gasteiger charge is 2.17. The summed E-state index contributed by atoms with van der Waals surface area (Å²) in [6.07, 6.45) is 0. The SMILES string of the molecule is C[Si](C)(C)CCOCn1nc(C(=O)O)cc1-c1ccc(Cl)cc1Cl. The Hall–Kier alpha value is -1.34. The number of carboxylic acids is 1. The number of hydrogen-bond acceptors (Lipinski definition) is 3. The van der Waals surface area contributed by atoms with Gasteiger partial charge in [-0.3, -0.25) is 0 Å². The Kier molecular flexibility index (Phi) is 6.09. The summed E-state index contributed by atoms with van der Waals surface area (Å²) in [5.74, 6) is -1.10. The number of aromatic carboxylic acids is 1. The van der Waals surface area contributed by atoms with Crippen LogP contribution in [0, 0.1) is 0 Å². The van der Waals surface area contributed by atoms with Crippen LogP contribution >= 0.6 is 23.2 Å². The van der Waals surface area contributed by atoms with Gasteiger partial charge in [-0.15, -0.1) is 0 Å². The molecule has 24 heavy (non-hydrogen) atoms. The molecular weight excluding hydrogens is 367 g/mol. The highest BCUT2D eigenvalue weighted by Crippen LogP contribution is 2.31. The van der Waals surface area contributed by atoms with Crippen molar-refractivity contribution >= 4 is 37.2 Å². The molecule has 0 bridgehead atoms. The van der Waals surface area contributed by atoms with E-state index in [1.807, 2.05) is 0 Å². The van der Waals surface area contributed by atoms with Crippen molar-refractivity contribution in [2.24, 2.45) is 0 Å². The molecule has 0 aliphatic heterocycles. The van der Waals surface area contributed by atoms with Crippen molar-refractivity contribution in [3.63, 3.8) is 0 Å². The maximum absolute atomic E-state index is 11.2. The summed E-state index contributed by atoms with van der Waals surface area (Å²) in [7, 11) is -1.19. The van der Waals surface area contributed by atoms with E-state index in [1.165, 1.54) is 10.7 Å². The quantitative estimate of drug-likeness (QED) is 0.544. The molecule has 1 aromatic heterocycles. The second kappa shape index (κ2) is 7.69. The first-order chi connectivity index (χ1) is 11.2. The number of carbonyl (C=O) groups is 1. The van der Waals surface area contributed by atoms with E-state index in [0.29, 0.717) is 27.9 Å². The Morgan fingerprint density at radius 2 is 2.00 bits per heavy atom. The predicted octanol–water partition coefficient (Wildman–Crippen LogP) is 4.87. The highest BCUT2D eigenvalue weighted by atomic mass is 35.5. The van der Waals surface area contributed by atoms with Crippen molar-refractivity contribution in [1.29, 1.82) is 0 Å². The Morgan fingerprint density at radius 3 is 2.58 bits per heavy atom. The fourth-order valence-corrected chi connectivity index (χ4v) is 3.33. The lowest BCUT2D eigenvalue weighted by Crippen LogP contribution is -2.22. The Balaban J connectivity index is 2.25. The molecule has 0 aliphatic rings. The van der Waals surface area contributed by atoms with Gasteiger partial charge in [0.1, 0.15) is 6.73 Å². The number of halogens is 2. The summed E-state index contributed by atoms with van der Waals surface area (Å²) in [5, 5.41) is 14.2. The van der Waals surface area contributed by atoms with Crippen molar-refractivity contribution in [3.05, 3.63) is 40.0 Å². The molecule has 2 rings (SSSR count). The highest BCUT2D eigenvalue weighted by molar-refractivity contribution is 6.76. The second-order valence-electron chi connectivity index (χ2n) is 6.69. The average Bonchev–Trinajstić information content (AvgIpc) is 2.87. The molecule has 0 aliphatic carbocycles. The Morgan fingerprint density at radius 1 is 1.29 bits per heavy atom. The van der Waals surface area contributed by atoms with Crippen LogP contribution in [0.5, 0.6) is 0 Å². The fraction of sp³-hybridized carbons (Fsp3) is 0.375. The van der Waals surface area contributed by atoms with E-state index in [2.05, 4.69) is 24.7 Å². The topological polar surface area (TPSA) is 64.4 Å². The molecule has 0 atom stereocenters. The third-order valence-corrected chi connectivity index (χ3v) is 5.67. The summed E-state index contributed by atoms with van der Waals surface area (Å²) in [6.45, 7) is 7.60. The first-order valence-electron chi connectivity index (χ1n) is 7.52. The van der Waals surface area contributed by atoms with E-state index >= 15 is 0 Å². The van der Waals surface area contributed by atoms with Crippen LogP contribution in [0.4, 0.5) is 0 Å². The van der Waals surface area contributed by atoms with Gasteiger partial charge in [0, 0.05) is 25.3 Å². The van der Waals surface area contributed by atoms with Crippen LogP contribution in [0.25, 0.3) is 11.3 Å². The van der Waals surface area contributed by atoms with Crippen molar-refractivity contribution < 1.29 is 14.6 Å². The van der Waals surface area contributed by atoms with E-state index in [9.17, 15) is 9.90 Å². The molecule has 1 N–H and O–H groups in total. The van der Waals surface area contributed by atoms with E-state index in [1.54, 1.807) is 18.2 Å². The average molecular weight is 387 g/mol. The molecule has 0 spiro atoms. The zero-order chi connectivity index (χ0) is 17.9. The summed E-state index contributed by atoms with van der Waals surface area (Å²) >= 11 is 12.2. The van der Waals surface area contributed by atoms with Gasteiger partial charge in [-0.25, -0.2) is 9.48 Å². The molecule has 8 heteroatoms. The van der Waals surface area contributed by atoms with Crippen molar-refractivity contribution in [1.82, 2.24) is 9.78 Å². The number of hydrogen-bond donors (Lipinski definition) is 1. The van der Waals surface area contributed by atoms with Crippen LogP contribution in [-0.2, 0) is 11.5 Å². The molecule has 0 saturated heterocycles. The minimum Gasteiger partial charge on any atom is -0.476 e. The largest absolute Gasteiger partial charge is 0.476 e. The van der Waals surface area contributed by atoms with E-state index in [0.717, 1.165) is 6.04 Å². The van der Waals surface area contributed by atoms with Gasteiger partial charge in [-0.1, -0.05) is 42.8 Å². The zero-order valence-corrected chi connectivity index (χ0v) is 16.4. The Bertz CT molecular complexity index is 741. The van der Waals surface area contributed by atoms with Gasteiger partial charge in [0.15, 0.2) is 5.69 Å². The zero-order valence-electron chi connectivity index (χ0n) is 13.8. The minimum atomic E-state index is -1.19. The van der Waals surface area contributed by atoms with Crippen LogP contribution in [0.2, 0.25) is 35.7 Å². The van der Waals surface area contributed by atoms with Gasteiger partial charge in [-0.05, 0) is 30.3 Å². The first kappa shape index (κ1) is 19.0. The molecule has 5 nitrogen and oxygen atoms in total. The molecule has 1 aromatic carbocycles. The van der Waals surface area contributed by atoms with Gasteiger partial charge < -0.3 is 9.84 Å². The molecular formula is C16H20Cl2N2O3Si. The lowest BCUT2D eigenvalue weighted by molar-refractivity contribution is 0.0673. The normalized spacial score (nSPS) is 11.7. The lowest BCUT2D eigenvalue weighted by Gasteiger charge is -2.16. The monoisotopic (exact) mass is 386 g/mol. The van der Waals surface area contributed by atoms with Crippen LogP contribution in [0.1, 0.15) is 10.5 Å². The number of benzene rings is 1. The molecule has 0 saturated carbocycles. The summed E-state index contributed by atoms with van der Waals surface area (Å²) in [4.78, 5) is 11.2. The molecule has 0 fully saturated rings. The van der Waals surface area contributed by atoms with Crippen molar-refractivity contribution in [2.45, 2.75) is 32.4 Å². The fourth-order valence-electron chi connectivity index (χ4n) is 2.06. The first-order valence-corrected chi connectivity index (χ1v) is 12.0. The molecule has 0 amide bonds. The van der Waals surface area contributed by atoms with E-state index < -0.39 is 14.0 Å². The number of aromatic nitrogens is 2. The third-order valence-electron chi connectivity index (χ3n) is 3.42. The number of ether oxygens (including phenoxy) is 1. The van der Waals surface area contributed by atoms with Crippen molar-refractivity contribution in [3.8, 4) is 11.3 Å². The van der Waals surface area contributed by atoms with Crippen LogP contribution in [0.3, 0.4) is 0 Å².